The maximum atomic E-state index is 3.41. The van der Waals surface area contributed by atoms with Gasteiger partial charge in [-0.25, -0.2) is 0 Å². The summed E-state index contributed by atoms with van der Waals surface area (Å²) in [7, 11) is 2.04. The standard InChI is InChI=1S/C18H28N4/c1-19-18(17-7-3-2-4-8-17)22-15-13-21(14-16-22)12-11-20-9-5-6-10-20/h2-4,7-8H,5-6,9-16H2,1H3/p+3. The maximum Gasteiger partial charge on any atom is 0.277 e. The fraction of sp³-hybridized carbons (Fsp3) is 0.611. The molecular formula is C18H31N4+3. The predicted octanol–water partition coefficient (Wildman–Crippen LogP) is -1.76. The summed E-state index contributed by atoms with van der Waals surface area (Å²) in [4.78, 5) is 3.63. The largest absolute Gasteiger partial charge is 0.330 e. The van der Waals surface area contributed by atoms with Gasteiger partial charge in [0.15, 0.2) is 0 Å². The first-order valence-corrected chi connectivity index (χ1v) is 8.89. The monoisotopic (exact) mass is 303 g/mol. The molecule has 1 aromatic rings. The molecule has 0 saturated carbocycles. The summed E-state index contributed by atoms with van der Waals surface area (Å²) in [5.74, 6) is 1.28. The van der Waals surface area contributed by atoms with Crippen LogP contribution in [0.5, 0.6) is 0 Å². The van der Waals surface area contributed by atoms with Gasteiger partial charge in [0.1, 0.15) is 39.3 Å². The van der Waals surface area contributed by atoms with Crippen LogP contribution in [-0.4, -0.2) is 69.8 Å². The van der Waals surface area contributed by atoms with Gasteiger partial charge in [-0.3, -0.25) is 9.89 Å². The molecule has 0 atom stereocenters. The van der Waals surface area contributed by atoms with Gasteiger partial charge in [-0.1, -0.05) is 18.2 Å². The van der Waals surface area contributed by atoms with Gasteiger partial charge in [0.05, 0.1) is 25.7 Å². The summed E-state index contributed by atoms with van der Waals surface area (Å²) in [5, 5.41) is 3.41. The van der Waals surface area contributed by atoms with E-state index in [1.165, 1.54) is 63.5 Å². The van der Waals surface area contributed by atoms with Crippen LogP contribution in [0.2, 0.25) is 0 Å². The molecule has 0 aliphatic carbocycles. The Hall–Kier alpha value is -1.39. The van der Waals surface area contributed by atoms with Gasteiger partial charge in [0, 0.05) is 12.8 Å². The van der Waals surface area contributed by atoms with Gasteiger partial charge >= 0.3 is 0 Å². The summed E-state index contributed by atoms with van der Waals surface area (Å²) >= 11 is 0. The van der Waals surface area contributed by atoms with E-state index in [1.807, 2.05) is 11.9 Å². The zero-order valence-corrected chi connectivity index (χ0v) is 13.9. The second kappa shape index (κ2) is 7.75. The molecule has 4 heteroatoms. The quantitative estimate of drug-likeness (QED) is 0.446. The van der Waals surface area contributed by atoms with Crippen molar-refractivity contribution in [2.24, 2.45) is 0 Å². The molecule has 0 bridgehead atoms. The van der Waals surface area contributed by atoms with Crippen molar-refractivity contribution in [3.63, 3.8) is 0 Å². The Bertz CT molecular complexity index is 481. The fourth-order valence-electron chi connectivity index (χ4n) is 3.86. The van der Waals surface area contributed by atoms with Gasteiger partial charge in [0.2, 0.25) is 0 Å². The number of rotatable bonds is 4. The molecule has 3 rings (SSSR count). The van der Waals surface area contributed by atoms with Crippen molar-refractivity contribution in [3.05, 3.63) is 35.9 Å². The number of hydrogen-bond donors (Lipinski definition) is 3. The fourth-order valence-corrected chi connectivity index (χ4v) is 3.86. The Morgan fingerprint density at radius 2 is 1.55 bits per heavy atom. The van der Waals surface area contributed by atoms with E-state index in [4.69, 9.17) is 0 Å². The smallest absolute Gasteiger partial charge is 0.277 e. The van der Waals surface area contributed by atoms with Crippen molar-refractivity contribution in [2.75, 3.05) is 59.4 Å². The average Bonchev–Trinajstić information content (AvgIpc) is 3.09. The van der Waals surface area contributed by atoms with Crippen LogP contribution in [0.15, 0.2) is 30.3 Å². The lowest BCUT2D eigenvalue weighted by Gasteiger charge is -2.26. The van der Waals surface area contributed by atoms with Crippen molar-refractivity contribution in [1.82, 2.24) is 5.32 Å². The summed E-state index contributed by atoms with van der Waals surface area (Å²) < 4.78 is 2.52. The first-order valence-electron chi connectivity index (χ1n) is 8.89. The van der Waals surface area contributed by atoms with Crippen LogP contribution in [0.4, 0.5) is 0 Å². The SMILES string of the molecule is CNC(c1ccccc1)=[N+]1CC[NH+](CC[NH+]2CCCC2)CC1. The van der Waals surface area contributed by atoms with Gasteiger partial charge in [-0.15, -0.1) is 0 Å². The normalized spacial score (nSPS) is 22.8. The van der Waals surface area contributed by atoms with E-state index in [0.717, 1.165) is 13.1 Å². The maximum absolute atomic E-state index is 3.41. The first-order chi connectivity index (χ1) is 10.9. The molecule has 2 aliphatic rings. The zero-order chi connectivity index (χ0) is 15.2. The third kappa shape index (κ3) is 3.87. The lowest BCUT2D eigenvalue weighted by atomic mass is 10.2. The van der Waals surface area contributed by atoms with Crippen molar-refractivity contribution in [1.29, 1.82) is 0 Å². The van der Waals surface area contributed by atoms with Crippen molar-refractivity contribution in [2.45, 2.75) is 12.8 Å². The number of likely N-dealkylation sites (tertiary alicyclic amines) is 1. The Balaban J connectivity index is 1.54. The number of piperazine rings is 1. The van der Waals surface area contributed by atoms with E-state index >= 15 is 0 Å². The van der Waals surface area contributed by atoms with E-state index in [1.54, 1.807) is 4.90 Å². The molecule has 0 unspecified atom stereocenters. The number of amidine groups is 1. The highest BCUT2D eigenvalue weighted by molar-refractivity contribution is 5.94. The van der Waals surface area contributed by atoms with E-state index in [2.05, 4.69) is 40.2 Å². The number of benzene rings is 1. The summed E-state index contributed by atoms with van der Waals surface area (Å²) in [6, 6.07) is 10.7. The number of nitrogens with zero attached hydrogens (tertiary/aromatic N) is 1. The zero-order valence-electron chi connectivity index (χ0n) is 13.9. The van der Waals surface area contributed by atoms with Crippen molar-refractivity contribution in [3.8, 4) is 0 Å². The molecular weight excluding hydrogens is 272 g/mol. The summed E-state index contributed by atoms with van der Waals surface area (Å²) in [5.41, 5.74) is 1.30. The van der Waals surface area contributed by atoms with Crippen LogP contribution in [-0.2, 0) is 0 Å². The molecule has 2 saturated heterocycles. The van der Waals surface area contributed by atoms with Crippen molar-refractivity contribution >= 4 is 5.84 Å². The molecule has 0 aromatic heterocycles. The minimum Gasteiger partial charge on any atom is -0.330 e. The Kier molecular flexibility index (Phi) is 5.46. The molecule has 0 radical (unpaired) electrons. The molecule has 1 aromatic carbocycles. The minimum absolute atomic E-state index is 1.16. The third-order valence-electron chi connectivity index (χ3n) is 5.21. The lowest BCUT2D eigenvalue weighted by Crippen LogP contribution is -3.20. The minimum atomic E-state index is 1.16. The van der Waals surface area contributed by atoms with Crippen LogP contribution in [0.1, 0.15) is 18.4 Å². The molecule has 3 N–H and O–H groups in total. The van der Waals surface area contributed by atoms with Gasteiger partial charge in [-0.05, 0) is 12.1 Å². The molecule has 22 heavy (non-hydrogen) atoms. The van der Waals surface area contributed by atoms with Crippen LogP contribution in [0.3, 0.4) is 0 Å². The van der Waals surface area contributed by atoms with E-state index in [-0.39, 0.29) is 0 Å². The summed E-state index contributed by atoms with van der Waals surface area (Å²) in [6.45, 7) is 10.4. The highest BCUT2D eigenvalue weighted by atomic mass is 15.3. The molecule has 2 aliphatic heterocycles. The highest BCUT2D eigenvalue weighted by Crippen LogP contribution is 1.99. The second-order valence-electron chi connectivity index (χ2n) is 6.66. The first kappa shape index (κ1) is 15.5. The van der Waals surface area contributed by atoms with Gasteiger partial charge in [0.25, 0.3) is 5.84 Å². The predicted molar refractivity (Wildman–Crippen MR) is 90.0 cm³/mol. The van der Waals surface area contributed by atoms with E-state index in [0.29, 0.717) is 0 Å². The Morgan fingerprint density at radius 3 is 2.14 bits per heavy atom. The number of nitrogens with one attached hydrogen (secondary N) is 3. The molecule has 2 heterocycles. The molecule has 4 nitrogen and oxygen atoms in total. The van der Waals surface area contributed by atoms with Crippen molar-refractivity contribution < 1.29 is 14.4 Å². The number of quaternary nitrogens is 2. The number of hydrogen-bond acceptors (Lipinski definition) is 0. The van der Waals surface area contributed by atoms with Crippen LogP contribution >= 0.6 is 0 Å². The molecule has 0 spiro atoms. The second-order valence-corrected chi connectivity index (χ2v) is 6.66. The Morgan fingerprint density at radius 1 is 0.955 bits per heavy atom. The lowest BCUT2D eigenvalue weighted by molar-refractivity contribution is -0.968. The third-order valence-corrected chi connectivity index (χ3v) is 5.21. The molecule has 2 fully saturated rings. The van der Waals surface area contributed by atoms with Gasteiger partial charge in [-0.2, -0.15) is 0 Å². The van der Waals surface area contributed by atoms with Gasteiger partial charge < -0.3 is 9.80 Å². The van der Waals surface area contributed by atoms with E-state index < -0.39 is 0 Å². The molecule has 120 valence electrons. The topological polar surface area (TPSA) is 23.9 Å². The Labute approximate surface area is 134 Å². The van der Waals surface area contributed by atoms with Crippen LogP contribution in [0, 0.1) is 0 Å². The van der Waals surface area contributed by atoms with E-state index in [9.17, 15) is 0 Å². The molecule has 0 amide bonds. The van der Waals surface area contributed by atoms with Crippen LogP contribution in [0.25, 0.3) is 0 Å². The highest BCUT2D eigenvalue weighted by Gasteiger charge is 2.25. The summed E-state index contributed by atoms with van der Waals surface area (Å²) in [6.07, 6.45) is 2.88. The average molecular weight is 303 g/mol. The van der Waals surface area contributed by atoms with Crippen LogP contribution < -0.4 is 15.1 Å².